The Morgan fingerprint density at radius 2 is 2.10 bits per heavy atom. The number of nitrogens with zero attached hydrogens (tertiary/aromatic N) is 1. The van der Waals surface area contributed by atoms with Crippen LogP contribution in [0.4, 0.5) is 5.69 Å². The number of nitrogens with two attached hydrogens (primary N) is 1. The van der Waals surface area contributed by atoms with Gasteiger partial charge in [0.15, 0.2) is 0 Å². The molecule has 0 radical (unpaired) electrons. The number of hydrogen-bond acceptors (Lipinski definition) is 4. The zero-order valence-corrected chi connectivity index (χ0v) is 13.2. The third-order valence-electron chi connectivity index (χ3n) is 4.69. The quantitative estimate of drug-likeness (QED) is 0.791. The number of rotatable bonds is 6. The number of likely N-dealkylation sites (tertiary alicyclic amines) is 1. The van der Waals surface area contributed by atoms with Crippen LogP contribution in [0.25, 0.3) is 0 Å². The van der Waals surface area contributed by atoms with Gasteiger partial charge in [0.05, 0.1) is 0 Å². The molecular formula is C17H28N2O2. The first kappa shape index (κ1) is 16.1. The van der Waals surface area contributed by atoms with Crippen LogP contribution in [0.5, 0.6) is 5.75 Å². The van der Waals surface area contributed by atoms with Gasteiger partial charge in [-0.1, -0.05) is 26.3 Å². The molecule has 1 atom stereocenters. The molecule has 4 heteroatoms. The van der Waals surface area contributed by atoms with Crippen LogP contribution in [-0.2, 0) is 0 Å². The van der Waals surface area contributed by atoms with E-state index in [1.165, 1.54) is 19.3 Å². The largest absolute Gasteiger partial charge is 0.491 e. The zero-order chi connectivity index (χ0) is 15.3. The van der Waals surface area contributed by atoms with Crippen molar-refractivity contribution in [3.05, 3.63) is 24.3 Å². The summed E-state index contributed by atoms with van der Waals surface area (Å²) in [5.41, 5.74) is 6.87. The predicted molar refractivity (Wildman–Crippen MR) is 86.4 cm³/mol. The second-order valence-electron chi connectivity index (χ2n) is 6.50. The summed E-state index contributed by atoms with van der Waals surface area (Å²) in [6.07, 6.45) is 3.21. The molecule has 1 unspecified atom stereocenters. The molecule has 0 saturated carbocycles. The molecule has 0 amide bonds. The van der Waals surface area contributed by atoms with Crippen LogP contribution in [0, 0.1) is 5.41 Å². The van der Waals surface area contributed by atoms with E-state index in [0.717, 1.165) is 13.1 Å². The number of piperidine rings is 1. The first-order chi connectivity index (χ1) is 10.0. The Morgan fingerprint density at radius 1 is 1.38 bits per heavy atom. The summed E-state index contributed by atoms with van der Waals surface area (Å²) in [6.45, 7) is 7.76. The average Bonchev–Trinajstić information content (AvgIpc) is 2.48. The highest BCUT2D eigenvalue weighted by molar-refractivity contribution is 5.43. The second kappa shape index (κ2) is 7.14. The van der Waals surface area contributed by atoms with E-state index in [2.05, 4.69) is 18.7 Å². The van der Waals surface area contributed by atoms with E-state index in [9.17, 15) is 5.11 Å². The lowest BCUT2D eigenvalue weighted by molar-refractivity contribution is 0.0396. The molecule has 1 saturated heterocycles. The van der Waals surface area contributed by atoms with E-state index < -0.39 is 6.10 Å². The molecule has 1 aliphatic rings. The molecule has 4 nitrogen and oxygen atoms in total. The van der Waals surface area contributed by atoms with Gasteiger partial charge in [0.2, 0.25) is 0 Å². The smallest absolute Gasteiger partial charge is 0.121 e. The van der Waals surface area contributed by atoms with Gasteiger partial charge in [-0.2, -0.15) is 0 Å². The fraction of sp³-hybridized carbons (Fsp3) is 0.647. The number of anilines is 1. The highest BCUT2D eigenvalue weighted by Gasteiger charge is 2.28. The van der Waals surface area contributed by atoms with E-state index in [0.29, 0.717) is 30.0 Å². The molecule has 0 aromatic heterocycles. The maximum atomic E-state index is 10.1. The summed E-state index contributed by atoms with van der Waals surface area (Å²) in [4.78, 5) is 2.34. The van der Waals surface area contributed by atoms with Crippen molar-refractivity contribution < 1.29 is 9.84 Å². The summed E-state index contributed by atoms with van der Waals surface area (Å²) in [5.74, 6) is 0.714. The van der Waals surface area contributed by atoms with Gasteiger partial charge in [0, 0.05) is 18.3 Å². The average molecular weight is 292 g/mol. The van der Waals surface area contributed by atoms with Crippen molar-refractivity contribution >= 4 is 5.69 Å². The zero-order valence-electron chi connectivity index (χ0n) is 13.2. The standard InChI is InChI=1S/C17H28N2O2/c1-3-17(2)7-9-19(10-8-17)12-15(20)13-21-16-6-4-5-14(18)11-16/h4-6,11,15,20H,3,7-10,12-13,18H2,1-2H3. The van der Waals surface area contributed by atoms with Crippen LogP contribution in [0.2, 0.25) is 0 Å². The molecule has 0 aliphatic carbocycles. The Kier molecular flexibility index (Phi) is 5.48. The van der Waals surface area contributed by atoms with E-state index >= 15 is 0 Å². The monoisotopic (exact) mass is 292 g/mol. The number of β-amino-alcohol motifs (C(OH)–C–C–N with tert-alkyl or cyclic N) is 1. The van der Waals surface area contributed by atoms with Crippen LogP contribution in [-0.4, -0.2) is 42.4 Å². The normalized spacial score (nSPS) is 20.1. The molecule has 118 valence electrons. The molecule has 21 heavy (non-hydrogen) atoms. The van der Waals surface area contributed by atoms with Gasteiger partial charge in [-0.3, -0.25) is 0 Å². The number of ether oxygens (including phenoxy) is 1. The number of hydrogen-bond donors (Lipinski definition) is 2. The van der Waals surface area contributed by atoms with Crippen molar-refractivity contribution in [1.82, 2.24) is 4.90 Å². The molecule has 3 N–H and O–H groups in total. The summed E-state index contributed by atoms with van der Waals surface area (Å²) in [6, 6.07) is 7.31. The lowest BCUT2D eigenvalue weighted by Gasteiger charge is -2.39. The molecule has 0 bridgehead atoms. The van der Waals surface area contributed by atoms with Crippen molar-refractivity contribution in [2.45, 2.75) is 39.2 Å². The van der Waals surface area contributed by atoms with Gasteiger partial charge in [0.25, 0.3) is 0 Å². The maximum absolute atomic E-state index is 10.1. The lowest BCUT2D eigenvalue weighted by Crippen LogP contribution is -2.43. The van der Waals surface area contributed by atoms with Gasteiger partial charge in [-0.15, -0.1) is 0 Å². The molecular weight excluding hydrogens is 264 g/mol. The summed E-state index contributed by atoms with van der Waals surface area (Å²) < 4.78 is 5.60. The first-order valence-corrected chi connectivity index (χ1v) is 7.89. The van der Waals surface area contributed by atoms with Crippen LogP contribution < -0.4 is 10.5 Å². The Hall–Kier alpha value is -1.26. The Bertz CT molecular complexity index is 442. The third kappa shape index (κ3) is 4.90. The van der Waals surface area contributed by atoms with Crippen LogP contribution >= 0.6 is 0 Å². The van der Waals surface area contributed by atoms with E-state index in [4.69, 9.17) is 10.5 Å². The Labute approximate surface area is 127 Å². The fourth-order valence-corrected chi connectivity index (χ4v) is 2.78. The highest BCUT2D eigenvalue weighted by atomic mass is 16.5. The molecule has 1 aromatic carbocycles. The minimum Gasteiger partial charge on any atom is -0.491 e. The van der Waals surface area contributed by atoms with E-state index in [1.54, 1.807) is 6.07 Å². The molecule has 2 rings (SSSR count). The van der Waals surface area contributed by atoms with Crippen LogP contribution in [0.15, 0.2) is 24.3 Å². The Morgan fingerprint density at radius 3 is 2.71 bits per heavy atom. The molecule has 1 aliphatic heterocycles. The van der Waals surface area contributed by atoms with Crippen molar-refractivity contribution in [3.8, 4) is 5.75 Å². The summed E-state index contributed by atoms with van der Waals surface area (Å²) >= 11 is 0. The van der Waals surface area contributed by atoms with Crippen molar-refractivity contribution in [2.75, 3.05) is 32.0 Å². The van der Waals surface area contributed by atoms with Crippen molar-refractivity contribution in [2.24, 2.45) is 5.41 Å². The minimum atomic E-state index is -0.461. The van der Waals surface area contributed by atoms with Gasteiger partial charge < -0.3 is 20.5 Å². The third-order valence-corrected chi connectivity index (χ3v) is 4.69. The number of aliphatic hydroxyl groups excluding tert-OH is 1. The number of nitrogen functional groups attached to an aromatic ring is 1. The number of benzene rings is 1. The summed E-state index contributed by atoms with van der Waals surface area (Å²) in [7, 11) is 0. The van der Waals surface area contributed by atoms with Gasteiger partial charge in [0.1, 0.15) is 18.5 Å². The number of aliphatic hydroxyl groups is 1. The Balaban J connectivity index is 1.72. The first-order valence-electron chi connectivity index (χ1n) is 7.89. The van der Waals surface area contributed by atoms with Gasteiger partial charge >= 0.3 is 0 Å². The summed E-state index contributed by atoms with van der Waals surface area (Å²) in [5, 5.41) is 10.1. The van der Waals surface area contributed by atoms with Gasteiger partial charge in [-0.05, 0) is 43.5 Å². The maximum Gasteiger partial charge on any atom is 0.121 e. The van der Waals surface area contributed by atoms with Crippen molar-refractivity contribution in [1.29, 1.82) is 0 Å². The lowest BCUT2D eigenvalue weighted by atomic mass is 9.78. The minimum absolute atomic E-state index is 0.311. The SMILES string of the molecule is CCC1(C)CCN(CC(O)COc2cccc(N)c2)CC1. The molecule has 1 aromatic rings. The fourth-order valence-electron chi connectivity index (χ4n) is 2.78. The van der Waals surface area contributed by atoms with Gasteiger partial charge in [-0.25, -0.2) is 0 Å². The van der Waals surface area contributed by atoms with E-state index in [-0.39, 0.29) is 0 Å². The molecule has 1 fully saturated rings. The van der Waals surface area contributed by atoms with E-state index in [1.807, 2.05) is 18.2 Å². The molecule has 0 spiro atoms. The van der Waals surface area contributed by atoms with Crippen LogP contribution in [0.1, 0.15) is 33.1 Å². The van der Waals surface area contributed by atoms with Crippen LogP contribution in [0.3, 0.4) is 0 Å². The topological polar surface area (TPSA) is 58.7 Å². The highest BCUT2D eigenvalue weighted by Crippen LogP contribution is 2.33. The second-order valence-corrected chi connectivity index (χ2v) is 6.50. The van der Waals surface area contributed by atoms with Crippen molar-refractivity contribution in [3.63, 3.8) is 0 Å². The predicted octanol–water partition coefficient (Wildman–Crippen LogP) is 2.52. The molecule has 1 heterocycles.